The summed E-state index contributed by atoms with van der Waals surface area (Å²) in [5.74, 6) is 0. The maximum atomic E-state index is 8.82. The maximum absolute atomic E-state index is 8.82. The first-order chi connectivity index (χ1) is 11.7. The summed E-state index contributed by atoms with van der Waals surface area (Å²) in [6, 6.07) is 7.91. The molecule has 128 valence electrons. The minimum absolute atomic E-state index is 0.257. The van der Waals surface area contributed by atoms with E-state index >= 15 is 0 Å². The van der Waals surface area contributed by atoms with Crippen LogP contribution in [0.1, 0.15) is 30.2 Å². The highest BCUT2D eigenvalue weighted by Crippen LogP contribution is 2.41. The molecule has 0 spiro atoms. The summed E-state index contributed by atoms with van der Waals surface area (Å²) in [7, 11) is 1.77. The Morgan fingerprint density at radius 3 is 2.67 bits per heavy atom. The maximum Gasteiger partial charge on any atom is 0.154 e. The van der Waals surface area contributed by atoms with Crippen molar-refractivity contribution in [2.45, 2.75) is 34.6 Å². The van der Waals surface area contributed by atoms with Gasteiger partial charge in [0.15, 0.2) is 4.34 Å². The molecule has 1 saturated heterocycles. The van der Waals surface area contributed by atoms with Gasteiger partial charge < -0.3 is 14.7 Å². The molecule has 3 rings (SSSR count). The first-order valence-electron chi connectivity index (χ1n) is 7.73. The van der Waals surface area contributed by atoms with Crippen LogP contribution in [-0.4, -0.2) is 36.2 Å². The van der Waals surface area contributed by atoms with Gasteiger partial charge in [-0.05, 0) is 24.6 Å². The number of aromatic nitrogens is 1. The molecule has 0 aliphatic carbocycles. The molecule has 1 aliphatic rings. The minimum atomic E-state index is -0.257. The third-order valence-corrected chi connectivity index (χ3v) is 6.52. The Bertz CT molecular complexity index is 707. The van der Waals surface area contributed by atoms with Crippen LogP contribution in [0.15, 0.2) is 44.9 Å². The van der Waals surface area contributed by atoms with Crippen LogP contribution in [0.5, 0.6) is 0 Å². The summed E-state index contributed by atoms with van der Waals surface area (Å²) in [5, 5.41) is 12.0. The van der Waals surface area contributed by atoms with Crippen molar-refractivity contribution in [2.75, 3.05) is 20.3 Å². The summed E-state index contributed by atoms with van der Waals surface area (Å²) >= 11 is 3.31. The third kappa shape index (κ3) is 3.64. The van der Waals surface area contributed by atoms with Gasteiger partial charge in [0, 0.05) is 44.3 Å². The number of ether oxygens (including phenoxy) is 2. The summed E-state index contributed by atoms with van der Waals surface area (Å²) < 4.78 is 12.3. The number of benzene rings is 1. The van der Waals surface area contributed by atoms with E-state index in [0.29, 0.717) is 5.71 Å². The van der Waals surface area contributed by atoms with E-state index in [-0.39, 0.29) is 5.60 Å². The van der Waals surface area contributed by atoms with Gasteiger partial charge in [-0.1, -0.05) is 29.1 Å². The van der Waals surface area contributed by atoms with Gasteiger partial charge in [-0.2, -0.15) is 0 Å². The Balaban J connectivity index is 1.74. The number of hydrogen-bond donors (Lipinski definition) is 1. The Morgan fingerprint density at radius 2 is 2.04 bits per heavy atom. The molecular weight excluding hydrogens is 344 g/mol. The lowest BCUT2D eigenvalue weighted by Crippen LogP contribution is -2.34. The van der Waals surface area contributed by atoms with Crippen molar-refractivity contribution in [1.82, 2.24) is 4.98 Å². The average Bonchev–Trinajstić information content (AvgIpc) is 3.11. The highest BCUT2D eigenvalue weighted by molar-refractivity contribution is 8.01. The standard InChI is InChI=1S/C17H20N2O3S2/c1-12(19-20)13-3-5-14(6-4-13)23-16-18-11-15(24-16)17(21-2)7-9-22-10-8-17/h3-6,11,20H,7-10H2,1-2H3. The predicted molar refractivity (Wildman–Crippen MR) is 95.4 cm³/mol. The number of thiazole rings is 1. The fourth-order valence-corrected chi connectivity index (χ4v) is 4.87. The Hall–Kier alpha value is -1.41. The molecule has 0 amide bonds. The van der Waals surface area contributed by atoms with Crippen molar-refractivity contribution < 1.29 is 14.7 Å². The number of hydrogen-bond acceptors (Lipinski definition) is 7. The Kier molecular flexibility index (Phi) is 5.55. The van der Waals surface area contributed by atoms with Crippen LogP contribution in [0, 0.1) is 0 Å². The van der Waals surface area contributed by atoms with Crippen LogP contribution < -0.4 is 0 Å². The van der Waals surface area contributed by atoms with Crippen LogP contribution in [0.2, 0.25) is 0 Å². The second-order valence-corrected chi connectivity index (χ2v) is 7.96. The van der Waals surface area contributed by atoms with Crippen molar-refractivity contribution >= 4 is 28.8 Å². The SMILES string of the molecule is COC1(c2cnc(Sc3ccc(C(C)=NO)cc3)s2)CCOCC1. The highest BCUT2D eigenvalue weighted by atomic mass is 32.2. The van der Waals surface area contributed by atoms with E-state index in [1.54, 1.807) is 37.1 Å². The van der Waals surface area contributed by atoms with Crippen molar-refractivity contribution in [3.63, 3.8) is 0 Å². The monoisotopic (exact) mass is 364 g/mol. The van der Waals surface area contributed by atoms with Crippen LogP contribution >= 0.6 is 23.1 Å². The molecule has 1 aliphatic heterocycles. The quantitative estimate of drug-likeness (QED) is 0.491. The van der Waals surface area contributed by atoms with Crippen LogP contribution in [0.4, 0.5) is 0 Å². The van der Waals surface area contributed by atoms with E-state index in [4.69, 9.17) is 14.7 Å². The number of nitrogens with zero attached hydrogens (tertiary/aromatic N) is 2. The van der Waals surface area contributed by atoms with Gasteiger partial charge in [-0.25, -0.2) is 4.98 Å². The van der Waals surface area contributed by atoms with E-state index in [1.807, 2.05) is 30.5 Å². The molecule has 7 heteroatoms. The lowest BCUT2D eigenvalue weighted by Gasteiger charge is -2.34. The molecule has 0 atom stereocenters. The van der Waals surface area contributed by atoms with Crippen molar-refractivity contribution in [1.29, 1.82) is 0 Å². The highest BCUT2D eigenvalue weighted by Gasteiger charge is 2.36. The van der Waals surface area contributed by atoms with Gasteiger partial charge in [-0.3, -0.25) is 0 Å². The van der Waals surface area contributed by atoms with Crippen molar-refractivity contribution in [3.05, 3.63) is 40.9 Å². The molecule has 24 heavy (non-hydrogen) atoms. The van der Waals surface area contributed by atoms with Crippen LogP contribution in [0.3, 0.4) is 0 Å². The molecule has 0 bridgehead atoms. The Labute approximate surface area is 149 Å². The van der Waals surface area contributed by atoms with Gasteiger partial charge in [0.1, 0.15) is 5.60 Å². The molecule has 2 heterocycles. The first kappa shape index (κ1) is 17.4. The normalized spacial score (nSPS) is 17.8. The number of rotatable bonds is 5. The van der Waals surface area contributed by atoms with E-state index in [2.05, 4.69) is 10.1 Å². The van der Waals surface area contributed by atoms with E-state index in [9.17, 15) is 0 Å². The summed E-state index contributed by atoms with van der Waals surface area (Å²) in [6.07, 6.45) is 3.66. The van der Waals surface area contributed by atoms with Gasteiger partial charge in [0.2, 0.25) is 0 Å². The first-order valence-corrected chi connectivity index (χ1v) is 9.36. The van der Waals surface area contributed by atoms with E-state index in [1.165, 1.54) is 0 Å². The molecule has 2 aromatic rings. The lowest BCUT2D eigenvalue weighted by atomic mass is 9.93. The van der Waals surface area contributed by atoms with Gasteiger partial charge in [-0.15, -0.1) is 11.3 Å². The zero-order valence-corrected chi connectivity index (χ0v) is 15.3. The molecule has 5 nitrogen and oxygen atoms in total. The molecule has 1 aromatic carbocycles. The third-order valence-electron chi connectivity index (χ3n) is 4.25. The summed E-state index contributed by atoms with van der Waals surface area (Å²) in [6.45, 7) is 3.22. The second kappa shape index (κ2) is 7.65. The van der Waals surface area contributed by atoms with Crippen LogP contribution in [0.25, 0.3) is 0 Å². The van der Waals surface area contributed by atoms with Crippen molar-refractivity contribution in [2.24, 2.45) is 5.16 Å². The zero-order chi connectivity index (χ0) is 17.0. The minimum Gasteiger partial charge on any atom is -0.411 e. The summed E-state index contributed by atoms with van der Waals surface area (Å²) in [4.78, 5) is 6.81. The second-order valence-electron chi connectivity index (χ2n) is 5.61. The van der Waals surface area contributed by atoms with Gasteiger partial charge >= 0.3 is 0 Å². The fraction of sp³-hybridized carbons (Fsp3) is 0.412. The van der Waals surface area contributed by atoms with Gasteiger partial charge in [0.05, 0.1) is 10.6 Å². The molecule has 1 aromatic heterocycles. The number of oxime groups is 1. The molecule has 0 radical (unpaired) electrons. The zero-order valence-electron chi connectivity index (χ0n) is 13.7. The fourth-order valence-electron chi connectivity index (χ4n) is 2.69. The topological polar surface area (TPSA) is 63.9 Å². The largest absolute Gasteiger partial charge is 0.411 e. The molecule has 0 unspecified atom stereocenters. The smallest absolute Gasteiger partial charge is 0.154 e. The molecule has 1 N–H and O–H groups in total. The van der Waals surface area contributed by atoms with E-state index in [0.717, 1.165) is 45.7 Å². The number of methoxy groups -OCH3 is 1. The summed E-state index contributed by atoms with van der Waals surface area (Å²) in [5.41, 5.74) is 1.25. The molecular formula is C17H20N2O3S2. The van der Waals surface area contributed by atoms with E-state index < -0.39 is 0 Å². The van der Waals surface area contributed by atoms with Crippen LogP contribution in [-0.2, 0) is 15.1 Å². The average molecular weight is 364 g/mol. The lowest BCUT2D eigenvalue weighted by molar-refractivity contribution is -0.0926. The molecule has 1 fully saturated rings. The Morgan fingerprint density at radius 1 is 1.33 bits per heavy atom. The van der Waals surface area contributed by atoms with Crippen molar-refractivity contribution in [3.8, 4) is 0 Å². The predicted octanol–water partition coefficient (Wildman–Crippen LogP) is 4.14. The van der Waals surface area contributed by atoms with Gasteiger partial charge in [0.25, 0.3) is 0 Å². The molecule has 0 saturated carbocycles.